The quantitative estimate of drug-likeness (QED) is 0.507. The maximum Gasteiger partial charge on any atom is 0.151 e. The standard InChI is InChI=1S/C17H13N3S2/c1-2-6-14(7-3-1)20-11-13(10-18-20)12-21-17-19-15-8-4-5-9-16(15)22-17/h1-11H,12H2. The predicted molar refractivity (Wildman–Crippen MR) is 92.7 cm³/mol. The summed E-state index contributed by atoms with van der Waals surface area (Å²) in [5.41, 5.74) is 3.36. The lowest BCUT2D eigenvalue weighted by molar-refractivity contribution is 0.880. The molecule has 0 saturated carbocycles. The number of fused-ring (bicyclic) bond motifs is 1. The molecule has 0 amide bonds. The molecule has 0 aliphatic rings. The zero-order valence-corrected chi connectivity index (χ0v) is 13.3. The number of thiazole rings is 1. The molecule has 0 saturated heterocycles. The Morgan fingerprint density at radius 2 is 1.82 bits per heavy atom. The van der Waals surface area contributed by atoms with Crippen molar-refractivity contribution in [1.82, 2.24) is 14.8 Å². The molecule has 0 atom stereocenters. The molecule has 5 heteroatoms. The van der Waals surface area contributed by atoms with Crippen LogP contribution in [0.3, 0.4) is 0 Å². The van der Waals surface area contributed by atoms with Gasteiger partial charge in [-0.1, -0.05) is 42.1 Å². The Hall–Kier alpha value is -2.11. The fourth-order valence-electron chi connectivity index (χ4n) is 2.21. The Bertz CT molecular complexity index is 863. The average Bonchev–Trinajstić information content (AvgIpc) is 3.20. The molecule has 0 bridgehead atoms. The van der Waals surface area contributed by atoms with E-state index in [0.717, 1.165) is 21.3 Å². The lowest BCUT2D eigenvalue weighted by Gasteiger charge is -1.99. The average molecular weight is 323 g/mol. The predicted octanol–water partition coefficient (Wildman–Crippen LogP) is 4.77. The van der Waals surface area contributed by atoms with Crippen LogP contribution >= 0.6 is 23.1 Å². The topological polar surface area (TPSA) is 30.7 Å². The summed E-state index contributed by atoms with van der Waals surface area (Å²) in [5, 5.41) is 4.43. The zero-order chi connectivity index (χ0) is 14.8. The van der Waals surface area contributed by atoms with E-state index in [9.17, 15) is 0 Å². The van der Waals surface area contributed by atoms with Gasteiger partial charge in [-0.15, -0.1) is 11.3 Å². The van der Waals surface area contributed by atoms with Gasteiger partial charge in [0.1, 0.15) is 0 Å². The van der Waals surface area contributed by atoms with Crippen LogP contribution in [0.2, 0.25) is 0 Å². The highest BCUT2D eigenvalue weighted by molar-refractivity contribution is 8.00. The highest BCUT2D eigenvalue weighted by Crippen LogP contribution is 2.31. The first-order valence-electron chi connectivity index (χ1n) is 6.96. The van der Waals surface area contributed by atoms with Gasteiger partial charge >= 0.3 is 0 Å². The van der Waals surface area contributed by atoms with Crippen molar-refractivity contribution in [2.24, 2.45) is 0 Å². The van der Waals surface area contributed by atoms with Crippen molar-refractivity contribution in [2.75, 3.05) is 0 Å². The number of benzene rings is 2. The Balaban J connectivity index is 1.49. The van der Waals surface area contributed by atoms with E-state index in [2.05, 4.69) is 46.6 Å². The van der Waals surface area contributed by atoms with Crippen molar-refractivity contribution in [3.63, 3.8) is 0 Å². The van der Waals surface area contributed by atoms with Crippen LogP contribution in [0.1, 0.15) is 5.56 Å². The Morgan fingerprint density at radius 1 is 1.00 bits per heavy atom. The second-order valence-corrected chi connectivity index (χ2v) is 7.12. The van der Waals surface area contributed by atoms with Gasteiger partial charge in [0.15, 0.2) is 4.34 Å². The van der Waals surface area contributed by atoms with Gasteiger partial charge in [0, 0.05) is 17.5 Å². The second-order valence-electron chi connectivity index (χ2n) is 4.86. The monoisotopic (exact) mass is 323 g/mol. The second kappa shape index (κ2) is 5.94. The minimum absolute atomic E-state index is 0.882. The van der Waals surface area contributed by atoms with Gasteiger partial charge < -0.3 is 0 Å². The van der Waals surface area contributed by atoms with E-state index in [1.807, 2.05) is 35.1 Å². The summed E-state index contributed by atoms with van der Waals surface area (Å²) in [6.45, 7) is 0. The van der Waals surface area contributed by atoms with Gasteiger partial charge in [-0.05, 0) is 24.3 Å². The Kier molecular flexibility index (Phi) is 3.66. The molecular formula is C17H13N3S2. The van der Waals surface area contributed by atoms with Crippen molar-refractivity contribution in [1.29, 1.82) is 0 Å². The van der Waals surface area contributed by atoms with E-state index in [-0.39, 0.29) is 0 Å². The SMILES string of the molecule is c1ccc(-n2cc(CSc3nc4ccccc4s3)cn2)cc1. The van der Waals surface area contributed by atoms with Crippen molar-refractivity contribution in [2.45, 2.75) is 10.1 Å². The van der Waals surface area contributed by atoms with Crippen LogP contribution in [-0.2, 0) is 5.75 Å². The number of hydrogen-bond donors (Lipinski definition) is 0. The molecule has 3 nitrogen and oxygen atoms in total. The summed E-state index contributed by atoms with van der Waals surface area (Å²) >= 11 is 3.51. The number of nitrogens with zero attached hydrogens (tertiary/aromatic N) is 3. The van der Waals surface area contributed by atoms with Gasteiger partial charge in [-0.3, -0.25) is 0 Å². The highest BCUT2D eigenvalue weighted by Gasteiger charge is 2.06. The van der Waals surface area contributed by atoms with Crippen molar-refractivity contribution >= 4 is 33.3 Å². The molecule has 0 aliphatic carbocycles. The largest absolute Gasteiger partial charge is 0.241 e. The van der Waals surface area contributed by atoms with Crippen LogP contribution in [-0.4, -0.2) is 14.8 Å². The number of thioether (sulfide) groups is 1. The normalized spacial score (nSPS) is 11.1. The molecule has 4 aromatic rings. The van der Waals surface area contributed by atoms with Gasteiger partial charge in [0.05, 0.1) is 22.1 Å². The van der Waals surface area contributed by atoms with Crippen LogP contribution in [0.25, 0.3) is 15.9 Å². The first-order chi connectivity index (χ1) is 10.9. The maximum atomic E-state index is 4.65. The molecule has 2 heterocycles. The first kappa shape index (κ1) is 13.5. The third-order valence-electron chi connectivity index (χ3n) is 3.29. The Labute approximate surface area is 136 Å². The fraction of sp³-hybridized carbons (Fsp3) is 0.0588. The molecule has 4 rings (SSSR count). The van der Waals surface area contributed by atoms with Crippen LogP contribution in [0.5, 0.6) is 0 Å². The van der Waals surface area contributed by atoms with Crippen molar-refractivity contribution in [3.05, 3.63) is 72.6 Å². The third-order valence-corrected chi connectivity index (χ3v) is 5.54. The maximum absolute atomic E-state index is 4.65. The molecule has 0 unspecified atom stereocenters. The number of para-hydroxylation sites is 2. The van der Waals surface area contributed by atoms with Crippen molar-refractivity contribution < 1.29 is 0 Å². The van der Waals surface area contributed by atoms with E-state index in [1.54, 1.807) is 23.1 Å². The van der Waals surface area contributed by atoms with E-state index in [0.29, 0.717) is 0 Å². The molecule has 0 aliphatic heterocycles. The number of rotatable bonds is 4. The fourth-order valence-corrected chi connectivity index (χ4v) is 4.20. The van der Waals surface area contributed by atoms with Gasteiger partial charge in [0.25, 0.3) is 0 Å². The van der Waals surface area contributed by atoms with Gasteiger partial charge in [0.2, 0.25) is 0 Å². The molecule has 0 N–H and O–H groups in total. The minimum Gasteiger partial charge on any atom is -0.241 e. The summed E-state index contributed by atoms with van der Waals surface area (Å²) in [7, 11) is 0. The van der Waals surface area contributed by atoms with Gasteiger partial charge in [-0.25, -0.2) is 9.67 Å². The molecule has 0 fully saturated rings. The lowest BCUT2D eigenvalue weighted by Crippen LogP contribution is -1.92. The van der Waals surface area contributed by atoms with E-state index in [4.69, 9.17) is 0 Å². The third kappa shape index (κ3) is 2.77. The van der Waals surface area contributed by atoms with Crippen LogP contribution < -0.4 is 0 Å². The summed E-state index contributed by atoms with van der Waals surface area (Å²) in [4.78, 5) is 4.65. The molecule has 0 spiro atoms. The van der Waals surface area contributed by atoms with E-state index in [1.165, 1.54) is 10.3 Å². The minimum atomic E-state index is 0.882. The first-order valence-corrected chi connectivity index (χ1v) is 8.76. The van der Waals surface area contributed by atoms with Crippen LogP contribution in [0.4, 0.5) is 0 Å². The molecule has 2 aromatic heterocycles. The molecule has 108 valence electrons. The van der Waals surface area contributed by atoms with Crippen molar-refractivity contribution in [3.8, 4) is 5.69 Å². The lowest BCUT2D eigenvalue weighted by atomic mass is 10.3. The smallest absolute Gasteiger partial charge is 0.151 e. The molecule has 2 aromatic carbocycles. The highest BCUT2D eigenvalue weighted by atomic mass is 32.2. The summed E-state index contributed by atoms with van der Waals surface area (Å²) in [6.07, 6.45) is 4.00. The van der Waals surface area contributed by atoms with E-state index >= 15 is 0 Å². The van der Waals surface area contributed by atoms with Crippen LogP contribution in [0.15, 0.2) is 71.3 Å². The summed E-state index contributed by atoms with van der Waals surface area (Å²) in [5.74, 6) is 0.882. The molecule has 22 heavy (non-hydrogen) atoms. The van der Waals surface area contributed by atoms with E-state index < -0.39 is 0 Å². The molecule has 0 radical (unpaired) electrons. The summed E-state index contributed by atoms with van der Waals surface area (Å²) in [6, 6.07) is 18.4. The number of aromatic nitrogens is 3. The Morgan fingerprint density at radius 3 is 2.68 bits per heavy atom. The number of hydrogen-bond acceptors (Lipinski definition) is 4. The summed E-state index contributed by atoms with van der Waals surface area (Å²) < 4.78 is 4.26. The van der Waals surface area contributed by atoms with Crippen LogP contribution in [0, 0.1) is 0 Å². The zero-order valence-electron chi connectivity index (χ0n) is 11.7. The molecular weight excluding hydrogens is 310 g/mol. The van der Waals surface area contributed by atoms with Gasteiger partial charge in [-0.2, -0.15) is 5.10 Å².